The molecule has 2 N–H and O–H groups in total. The van der Waals surface area contributed by atoms with Crippen LogP contribution in [0.4, 0.5) is 0 Å². The molecule has 19 heavy (non-hydrogen) atoms. The van der Waals surface area contributed by atoms with Crippen LogP contribution in [0.25, 0.3) is 11.1 Å². The second-order valence-corrected chi connectivity index (χ2v) is 4.30. The Balaban J connectivity index is 2.25. The zero-order chi connectivity index (χ0) is 13.7. The standard InChI is InChI=1S/C16H17NO2/c1-19-16(18)15(11-17)14-9-7-13(8-10-14)12-5-3-2-4-6-12/h2-10,15H,11,17H2,1H3/t15-/m1/s1. The van der Waals surface area contributed by atoms with Crippen LogP contribution in [0.5, 0.6) is 0 Å². The van der Waals surface area contributed by atoms with E-state index >= 15 is 0 Å². The number of ether oxygens (including phenoxy) is 1. The fourth-order valence-electron chi connectivity index (χ4n) is 2.05. The van der Waals surface area contributed by atoms with E-state index < -0.39 is 5.92 Å². The van der Waals surface area contributed by atoms with Crippen molar-refractivity contribution in [1.29, 1.82) is 0 Å². The van der Waals surface area contributed by atoms with Crippen molar-refractivity contribution in [1.82, 2.24) is 0 Å². The summed E-state index contributed by atoms with van der Waals surface area (Å²) in [5, 5.41) is 0. The number of hydrogen-bond acceptors (Lipinski definition) is 3. The minimum absolute atomic E-state index is 0.247. The fourth-order valence-corrected chi connectivity index (χ4v) is 2.05. The van der Waals surface area contributed by atoms with Gasteiger partial charge in [0.25, 0.3) is 0 Å². The van der Waals surface area contributed by atoms with Gasteiger partial charge in [0.05, 0.1) is 13.0 Å². The molecule has 98 valence electrons. The molecule has 0 unspecified atom stereocenters. The number of carbonyl (C=O) groups is 1. The van der Waals surface area contributed by atoms with E-state index in [1.807, 2.05) is 42.5 Å². The molecule has 0 aliphatic heterocycles. The average Bonchev–Trinajstić information content (AvgIpc) is 2.49. The second kappa shape index (κ2) is 6.16. The monoisotopic (exact) mass is 255 g/mol. The molecule has 0 aliphatic carbocycles. The van der Waals surface area contributed by atoms with E-state index in [0.29, 0.717) is 0 Å². The molecule has 0 aromatic heterocycles. The molecule has 3 heteroatoms. The second-order valence-electron chi connectivity index (χ2n) is 4.30. The Hall–Kier alpha value is -2.13. The highest BCUT2D eigenvalue weighted by atomic mass is 16.5. The Morgan fingerprint density at radius 3 is 2.16 bits per heavy atom. The molecule has 0 amide bonds. The van der Waals surface area contributed by atoms with E-state index in [1.165, 1.54) is 7.11 Å². The van der Waals surface area contributed by atoms with Gasteiger partial charge in [0.1, 0.15) is 0 Å². The Labute approximate surface area is 113 Å². The molecule has 0 fully saturated rings. The van der Waals surface area contributed by atoms with Crippen LogP contribution in [0.1, 0.15) is 11.5 Å². The van der Waals surface area contributed by atoms with E-state index in [2.05, 4.69) is 12.1 Å². The number of rotatable bonds is 4. The quantitative estimate of drug-likeness (QED) is 0.854. The maximum absolute atomic E-state index is 11.6. The highest BCUT2D eigenvalue weighted by Gasteiger charge is 2.19. The van der Waals surface area contributed by atoms with E-state index in [-0.39, 0.29) is 12.5 Å². The smallest absolute Gasteiger partial charge is 0.314 e. The van der Waals surface area contributed by atoms with Gasteiger partial charge in [-0.3, -0.25) is 4.79 Å². The van der Waals surface area contributed by atoms with Crippen LogP contribution in [0.3, 0.4) is 0 Å². The molecule has 0 saturated heterocycles. The third-order valence-electron chi connectivity index (χ3n) is 3.14. The summed E-state index contributed by atoms with van der Waals surface area (Å²) < 4.78 is 4.75. The largest absolute Gasteiger partial charge is 0.469 e. The molecule has 1 atom stereocenters. The molecule has 3 nitrogen and oxygen atoms in total. The van der Waals surface area contributed by atoms with Crippen molar-refractivity contribution >= 4 is 5.97 Å². The first-order valence-electron chi connectivity index (χ1n) is 6.19. The van der Waals surface area contributed by atoms with E-state index in [4.69, 9.17) is 10.5 Å². The van der Waals surface area contributed by atoms with Crippen molar-refractivity contribution < 1.29 is 9.53 Å². The molecule has 0 radical (unpaired) electrons. The van der Waals surface area contributed by atoms with Gasteiger partial charge in [0, 0.05) is 6.54 Å². The lowest BCUT2D eigenvalue weighted by Crippen LogP contribution is -2.22. The zero-order valence-electron chi connectivity index (χ0n) is 10.9. The van der Waals surface area contributed by atoms with Gasteiger partial charge in [0.15, 0.2) is 0 Å². The third kappa shape index (κ3) is 3.01. The molecule has 0 heterocycles. The van der Waals surface area contributed by atoms with Crippen LogP contribution in [0.2, 0.25) is 0 Å². The van der Waals surface area contributed by atoms with Gasteiger partial charge in [0.2, 0.25) is 0 Å². The van der Waals surface area contributed by atoms with Crippen molar-refractivity contribution in [3.63, 3.8) is 0 Å². The summed E-state index contributed by atoms with van der Waals surface area (Å²) in [4.78, 5) is 11.6. The predicted octanol–water partition coefficient (Wildman–Crippen LogP) is 2.57. The summed E-state index contributed by atoms with van der Waals surface area (Å²) in [7, 11) is 1.38. The Morgan fingerprint density at radius 2 is 1.63 bits per heavy atom. The normalized spacial score (nSPS) is 11.9. The van der Waals surface area contributed by atoms with Crippen LogP contribution in [-0.4, -0.2) is 19.6 Å². The first-order valence-corrected chi connectivity index (χ1v) is 6.19. The van der Waals surface area contributed by atoms with E-state index in [0.717, 1.165) is 16.7 Å². The highest BCUT2D eigenvalue weighted by Crippen LogP contribution is 2.23. The van der Waals surface area contributed by atoms with Gasteiger partial charge in [-0.1, -0.05) is 54.6 Å². The first kappa shape index (κ1) is 13.3. The number of carbonyl (C=O) groups excluding carboxylic acids is 1. The van der Waals surface area contributed by atoms with Crippen LogP contribution >= 0.6 is 0 Å². The molecule has 0 saturated carbocycles. The molecule has 2 rings (SSSR count). The molecule has 2 aromatic rings. The van der Waals surface area contributed by atoms with Crippen molar-refractivity contribution in [3.05, 3.63) is 60.2 Å². The van der Waals surface area contributed by atoms with Gasteiger partial charge in [-0.25, -0.2) is 0 Å². The number of nitrogens with two attached hydrogens (primary N) is 1. The molecule has 0 spiro atoms. The van der Waals surface area contributed by atoms with Crippen molar-refractivity contribution in [2.75, 3.05) is 13.7 Å². The number of benzene rings is 2. The summed E-state index contributed by atoms with van der Waals surface area (Å²) in [6.07, 6.45) is 0. The lowest BCUT2D eigenvalue weighted by Gasteiger charge is -2.13. The number of methoxy groups -OCH3 is 1. The summed E-state index contributed by atoms with van der Waals surface area (Å²) in [5.41, 5.74) is 8.78. The summed E-state index contributed by atoms with van der Waals surface area (Å²) in [6.45, 7) is 0.247. The molecular formula is C16H17NO2. The van der Waals surface area contributed by atoms with E-state index in [9.17, 15) is 4.79 Å². The van der Waals surface area contributed by atoms with Crippen LogP contribution < -0.4 is 5.73 Å². The van der Waals surface area contributed by atoms with Crippen LogP contribution in [0.15, 0.2) is 54.6 Å². The van der Waals surface area contributed by atoms with Crippen molar-refractivity contribution in [3.8, 4) is 11.1 Å². The average molecular weight is 255 g/mol. The summed E-state index contributed by atoms with van der Waals surface area (Å²) in [6, 6.07) is 17.9. The molecular weight excluding hydrogens is 238 g/mol. The summed E-state index contributed by atoms with van der Waals surface area (Å²) >= 11 is 0. The van der Waals surface area contributed by atoms with Crippen LogP contribution in [0, 0.1) is 0 Å². The topological polar surface area (TPSA) is 52.3 Å². The zero-order valence-corrected chi connectivity index (χ0v) is 10.9. The maximum atomic E-state index is 11.6. The first-order chi connectivity index (χ1) is 9.26. The minimum Gasteiger partial charge on any atom is -0.469 e. The van der Waals surface area contributed by atoms with Crippen molar-refractivity contribution in [2.45, 2.75) is 5.92 Å². The Bertz CT molecular complexity index is 534. The summed E-state index contributed by atoms with van der Waals surface area (Å²) in [5.74, 6) is -0.690. The van der Waals surface area contributed by atoms with Gasteiger partial charge in [-0.15, -0.1) is 0 Å². The van der Waals surface area contributed by atoms with Gasteiger partial charge >= 0.3 is 5.97 Å². The van der Waals surface area contributed by atoms with Gasteiger partial charge in [-0.05, 0) is 16.7 Å². The number of esters is 1. The van der Waals surface area contributed by atoms with Crippen molar-refractivity contribution in [2.24, 2.45) is 5.73 Å². The SMILES string of the molecule is COC(=O)[C@H](CN)c1ccc(-c2ccccc2)cc1. The van der Waals surface area contributed by atoms with Crippen LogP contribution in [-0.2, 0) is 9.53 Å². The predicted molar refractivity (Wildman–Crippen MR) is 75.7 cm³/mol. The highest BCUT2D eigenvalue weighted by molar-refractivity contribution is 5.78. The lowest BCUT2D eigenvalue weighted by molar-refractivity contribution is -0.142. The van der Waals surface area contributed by atoms with Gasteiger partial charge < -0.3 is 10.5 Å². The molecule has 2 aromatic carbocycles. The number of hydrogen-bond donors (Lipinski definition) is 1. The minimum atomic E-state index is -0.394. The maximum Gasteiger partial charge on any atom is 0.314 e. The Morgan fingerprint density at radius 1 is 1.05 bits per heavy atom. The Kier molecular flexibility index (Phi) is 4.31. The van der Waals surface area contributed by atoms with E-state index in [1.54, 1.807) is 0 Å². The molecule has 0 bridgehead atoms. The van der Waals surface area contributed by atoms with Gasteiger partial charge in [-0.2, -0.15) is 0 Å². The molecule has 0 aliphatic rings. The third-order valence-corrected chi connectivity index (χ3v) is 3.14. The fraction of sp³-hybridized carbons (Fsp3) is 0.188. The lowest BCUT2D eigenvalue weighted by atomic mass is 9.96.